The Morgan fingerprint density at radius 3 is 1.95 bits per heavy atom. The number of fused-ring (bicyclic) bond motifs is 1. The highest BCUT2D eigenvalue weighted by molar-refractivity contribution is 5.39. The van der Waals surface area contributed by atoms with Crippen molar-refractivity contribution in [3.05, 3.63) is 35.4 Å². The molecule has 1 aromatic carbocycles. The molecule has 0 heterocycles. The SMILES string of the molecule is N#CC1(C2(O)CCCCCC2)Cc2ccccc2C1. The molecule has 0 aromatic heterocycles. The van der Waals surface area contributed by atoms with Crippen LogP contribution in [0.1, 0.15) is 49.7 Å². The van der Waals surface area contributed by atoms with Crippen molar-refractivity contribution in [2.24, 2.45) is 5.41 Å². The van der Waals surface area contributed by atoms with Crippen molar-refractivity contribution in [1.29, 1.82) is 5.26 Å². The Kier molecular flexibility index (Phi) is 3.11. The summed E-state index contributed by atoms with van der Waals surface area (Å²) in [6.45, 7) is 0. The first-order valence-corrected chi connectivity index (χ1v) is 7.40. The highest BCUT2D eigenvalue weighted by Gasteiger charge is 2.53. The van der Waals surface area contributed by atoms with Crippen LogP contribution < -0.4 is 0 Å². The van der Waals surface area contributed by atoms with Gasteiger partial charge in [0.15, 0.2) is 0 Å². The number of aliphatic hydroxyl groups is 1. The molecule has 0 unspecified atom stereocenters. The predicted molar refractivity (Wildman–Crippen MR) is 74.5 cm³/mol. The van der Waals surface area contributed by atoms with Crippen LogP contribution >= 0.6 is 0 Å². The molecule has 0 aliphatic heterocycles. The molecule has 0 atom stereocenters. The lowest BCUT2D eigenvalue weighted by molar-refractivity contribution is -0.0633. The maximum atomic E-state index is 11.2. The van der Waals surface area contributed by atoms with Gasteiger partial charge in [0.1, 0.15) is 0 Å². The standard InChI is InChI=1S/C17H21NO/c18-13-16(17(19)9-5-1-2-6-10-17)11-14-7-3-4-8-15(14)12-16/h3-4,7-8,19H,1-2,5-6,9-12H2. The number of benzene rings is 1. The molecule has 3 rings (SSSR count). The van der Waals surface area contributed by atoms with E-state index in [1.54, 1.807) is 0 Å². The van der Waals surface area contributed by atoms with E-state index in [2.05, 4.69) is 18.2 Å². The Balaban J connectivity index is 1.96. The summed E-state index contributed by atoms with van der Waals surface area (Å²) < 4.78 is 0. The van der Waals surface area contributed by atoms with Crippen LogP contribution in [0.3, 0.4) is 0 Å². The van der Waals surface area contributed by atoms with E-state index in [9.17, 15) is 10.4 Å². The smallest absolute Gasteiger partial charge is 0.0940 e. The van der Waals surface area contributed by atoms with Crippen LogP contribution in [-0.4, -0.2) is 10.7 Å². The first kappa shape index (κ1) is 12.7. The van der Waals surface area contributed by atoms with Crippen LogP contribution in [0.4, 0.5) is 0 Å². The molecule has 1 aromatic rings. The second kappa shape index (κ2) is 4.65. The molecule has 1 fully saturated rings. The summed E-state index contributed by atoms with van der Waals surface area (Å²) in [5, 5.41) is 20.9. The molecule has 2 heteroatoms. The van der Waals surface area contributed by atoms with Gasteiger partial charge in [-0.15, -0.1) is 0 Å². The highest BCUT2D eigenvalue weighted by atomic mass is 16.3. The molecule has 2 aliphatic rings. The Morgan fingerprint density at radius 2 is 1.47 bits per heavy atom. The lowest BCUT2D eigenvalue weighted by Gasteiger charge is -2.40. The summed E-state index contributed by atoms with van der Waals surface area (Å²) in [5.41, 5.74) is 1.11. The van der Waals surface area contributed by atoms with Crippen LogP contribution in [0.2, 0.25) is 0 Å². The minimum absolute atomic E-state index is 0.596. The Labute approximate surface area is 115 Å². The molecule has 0 bridgehead atoms. The third kappa shape index (κ3) is 1.97. The Morgan fingerprint density at radius 1 is 0.947 bits per heavy atom. The van der Waals surface area contributed by atoms with Gasteiger partial charge in [0.25, 0.3) is 0 Å². The summed E-state index contributed by atoms with van der Waals surface area (Å²) in [4.78, 5) is 0. The van der Waals surface area contributed by atoms with Crippen LogP contribution in [0.25, 0.3) is 0 Å². The summed E-state index contributed by atoms with van der Waals surface area (Å²) in [5.74, 6) is 0. The predicted octanol–water partition coefficient (Wildman–Crippen LogP) is 3.38. The lowest BCUT2D eigenvalue weighted by Crippen LogP contribution is -2.48. The molecular formula is C17H21NO. The summed E-state index contributed by atoms with van der Waals surface area (Å²) >= 11 is 0. The van der Waals surface area contributed by atoms with Gasteiger partial charge in [-0.3, -0.25) is 0 Å². The molecule has 2 nitrogen and oxygen atoms in total. The fourth-order valence-corrected chi connectivity index (χ4v) is 3.92. The highest BCUT2D eigenvalue weighted by Crippen LogP contribution is 2.49. The lowest BCUT2D eigenvalue weighted by atomic mass is 9.67. The number of nitriles is 1. The van der Waals surface area contributed by atoms with E-state index >= 15 is 0 Å². The van der Waals surface area contributed by atoms with Crippen LogP contribution in [0.5, 0.6) is 0 Å². The number of rotatable bonds is 1. The first-order valence-electron chi connectivity index (χ1n) is 7.40. The third-order valence-corrected chi connectivity index (χ3v) is 5.14. The number of hydrogen-bond donors (Lipinski definition) is 1. The average Bonchev–Trinajstić information content (AvgIpc) is 2.69. The Hall–Kier alpha value is -1.33. The summed E-state index contributed by atoms with van der Waals surface area (Å²) in [7, 11) is 0. The zero-order valence-electron chi connectivity index (χ0n) is 11.4. The maximum Gasteiger partial charge on any atom is 0.0940 e. The molecule has 1 saturated carbocycles. The van der Waals surface area contributed by atoms with Crippen molar-refractivity contribution >= 4 is 0 Å². The van der Waals surface area contributed by atoms with Crippen molar-refractivity contribution in [2.45, 2.75) is 57.0 Å². The molecule has 0 spiro atoms. The molecule has 1 N–H and O–H groups in total. The van der Waals surface area contributed by atoms with Crippen LogP contribution in [0.15, 0.2) is 24.3 Å². The minimum atomic E-state index is -0.794. The van der Waals surface area contributed by atoms with Crippen LogP contribution in [-0.2, 0) is 12.8 Å². The van der Waals surface area contributed by atoms with Crippen LogP contribution in [0, 0.1) is 16.7 Å². The third-order valence-electron chi connectivity index (χ3n) is 5.14. The zero-order valence-corrected chi connectivity index (χ0v) is 11.4. The fraction of sp³-hybridized carbons (Fsp3) is 0.588. The molecular weight excluding hydrogens is 234 g/mol. The second-order valence-corrected chi connectivity index (χ2v) is 6.26. The van der Waals surface area contributed by atoms with Gasteiger partial charge in [0.05, 0.1) is 17.1 Å². The quantitative estimate of drug-likeness (QED) is 0.782. The Bertz CT molecular complexity index is 481. The molecule has 19 heavy (non-hydrogen) atoms. The van der Waals surface area contributed by atoms with Gasteiger partial charge >= 0.3 is 0 Å². The van der Waals surface area contributed by atoms with E-state index in [0.29, 0.717) is 0 Å². The van der Waals surface area contributed by atoms with Gasteiger partial charge in [0.2, 0.25) is 0 Å². The van der Waals surface area contributed by atoms with E-state index in [-0.39, 0.29) is 0 Å². The van der Waals surface area contributed by atoms with Gasteiger partial charge in [0, 0.05) is 0 Å². The average molecular weight is 255 g/mol. The fourth-order valence-electron chi connectivity index (χ4n) is 3.92. The van der Waals surface area contributed by atoms with Crippen molar-refractivity contribution in [2.75, 3.05) is 0 Å². The van der Waals surface area contributed by atoms with E-state index in [0.717, 1.165) is 38.5 Å². The van der Waals surface area contributed by atoms with Gasteiger partial charge in [-0.1, -0.05) is 49.9 Å². The van der Waals surface area contributed by atoms with E-state index in [1.165, 1.54) is 24.0 Å². The second-order valence-electron chi connectivity index (χ2n) is 6.26. The zero-order chi connectivity index (χ0) is 13.3. The van der Waals surface area contributed by atoms with E-state index < -0.39 is 11.0 Å². The van der Waals surface area contributed by atoms with E-state index in [4.69, 9.17) is 0 Å². The van der Waals surface area contributed by atoms with Gasteiger partial charge in [-0.2, -0.15) is 5.26 Å². The molecule has 0 saturated heterocycles. The largest absolute Gasteiger partial charge is 0.388 e. The number of hydrogen-bond acceptors (Lipinski definition) is 2. The van der Waals surface area contributed by atoms with Crippen molar-refractivity contribution in [3.8, 4) is 6.07 Å². The maximum absolute atomic E-state index is 11.2. The molecule has 0 amide bonds. The minimum Gasteiger partial charge on any atom is -0.388 e. The van der Waals surface area contributed by atoms with Crippen molar-refractivity contribution < 1.29 is 5.11 Å². The molecule has 2 aliphatic carbocycles. The first-order chi connectivity index (χ1) is 9.19. The molecule has 0 radical (unpaired) electrons. The molecule has 100 valence electrons. The monoisotopic (exact) mass is 255 g/mol. The van der Waals surface area contributed by atoms with Gasteiger partial charge in [-0.05, 0) is 36.8 Å². The van der Waals surface area contributed by atoms with Gasteiger partial charge < -0.3 is 5.11 Å². The summed E-state index contributed by atoms with van der Waals surface area (Å²) in [6.07, 6.45) is 7.50. The normalized spacial score (nSPS) is 24.2. The van der Waals surface area contributed by atoms with Crippen molar-refractivity contribution in [1.82, 2.24) is 0 Å². The topological polar surface area (TPSA) is 44.0 Å². The number of nitrogens with zero attached hydrogens (tertiary/aromatic N) is 1. The van der Waals surface area contributed by atoms with Crippen molar-refractivity contribution in [3.63, 3.8) is 0 Å². The van der Waals surface area contributed by atoms with Gasteiger partial charge in [-0.25, -0.2) is 0 Å². The summed E-state index contributed by atoms with van der Waals surface area (Å²) in [6, 6.07) is 10.8. The van der Waals surface area contributed by atoms with E-state index in [1.807, 2.05) is 12.1 Å².